The van der Waals surface area contributed by atoms with E-state index in [9.17, 15) is 19.3 Å². The third-order valence-electron chi connectivity index (χ3n) is 4.73. The maximum Gasteiger partial charge on any atom is 0.288 e. The molecule has 2 aromatic rings. The van der Waals surface area contributed by atoms with Crippen molar-refractivity contribution < 1.29 is 14.1 Å². The second-order valence-corrected chi connectivity index (χ2v) is 7.75. The van der Waals surface area contributed by atoms with Crippen LogP contribution in [0.15, 0.2) is 24.3 Å². The topological polar surface area (TPSA) is 111 Å². The molecule has 7 nitrogen and oxygen atoms in total. The second-order valence-electron chi connectivity index (χ2n) is 6.70. The van der Waals surface area contributed by atoms with Crippen molar-refractivity contribution in [2.45, 2.75) is 25.2 Å². The number of amides is 1. The van der Waals surface area contributed by atoms with Gasteiger partial charge in [-0.1, -0.05) is 13.0 Å². The van der Waals surface area contributed by atoms with Crippen molar-refractivity contribution in [2.75, 3.05) is 7.05 Å². The number of nitrogens with zero attached hydrogens (tertiary/aromatic N) is 3. The number of nitro groups is 1. The fourth-order valence-electron chi connectivity index (χ4n) is 3.10. The van der Waals surface area contributed by atoms with Crippen molar-refractivity contribution in [3.63, 3.8) is 0 Å². The number of carbonyl (C=O) groups is 1. The number of piperidine rings is 1. The Bertz CT molecular complexity index is 1010. The van der Waals surface area contributed by atoms with Crippen LogP contribution >= 0.6 is 11.3 Å². The van der Waals surface area contributed by atoms with Crippen LogP contribution in [0.4, 0.5) is 10.1 Å². The number of nitriles is 1. The zero-order valence-corrected chi connectivity index (χ0v) is 15.4. The first kappa shape index (κ1) is 18.7. The SMILES string of the molecule is CN1C(=N)C[C@](C)(c2cc([N+](=O)[O-])c(-c3ccc(F)c(C#N)c3)s2)CC1=O. The van der Waals surface area contributed by atoms with Gasteiger partial charge >= 0.3 is 0 Å². The first-order chi connectivity index (χ1) is 12.7. The van der Waals surface area contributed by atoms with Crippen LogP contribution in [0.5, 0.6) is 0 Å². The fourth-order valence-corrected chi connectivity index (χ4v) is 4.37. The molecule has 1 amide bonds. The third kappa shape index (κ3) is 3.19. The minimum Gasteiger partial charge on any atom is -0.304 e. The first-order valence-corrected chi connectivity index (χ1v) is 8.80. The summed E-state index contributed by atoms with van der Waals surface area (Å²) in [4.78, 5) is 25.4. The average Bonchev–Trinajstić information content (AvgIpc) is 3.06. The van der Waals surface area contributed by atoms with Gasteiger partial charge in [0.05, 0.1) is 10.5 Å². The van der Waals surface area contributed by atoms with Gasteiger partial charge in [0.25, 0.3) is 5.69 Å². The highest BCUT2D eigenvalue weighted by Crippen LogP contribution is 2.46. The third-order valence-corrected chi connectivity index (χ3v) is 6.21. The van der Waals surface area contributed by atoms with Gasteiger partial charge < -0.3 is 4.90 Å². The van der Waals surface area contributed by atoms with Crippen LogP contribution in [-0.4, -0.2) is 28.6 Å². The van der Waals surface area contributed by atoms with Crippen molar-refractivity contribution in [3.8, 4) is 16.5 Å². The highest BCUT2D eigenvalue weighted by molar-refractivity contribution is 7.16. The second kappa shape index (κ2) is 6.55. The predicted octanol–water partition coefficient (Wildman–Crippen LogP) is 3.82. The molecule has 0 radical (unpaired) electrons. The average molecular weight is 386 g/mol. The first-order valence-electron chi connectivity index (χ1n) is 7.99. The molecule has 0 unspecified atom stereocenters. The van der Waals surface area contributed by atoms with Crippen LogP contribution in [0, 0.1) is 32.7 Å². The number of carbonyl (C=O) groups excluding carboxylic acids is 1. The van der Waals surface area contributed by atoms with Gasteiger partial charge in [-0.05, 0) is 12.1 Å². The molecule has 0 saturated carbocycles. The van der Waals surface area contributed by atoms with Gasteiger partial charge in [-0.3, -0.25) is 20.3 Å². The van der Waals surface area contributed by atoms with E-state index in [-0.39, 0.29) is 35.8 Å². The van der Waals surface area contributed by atoms with E-state index in [2.05, 4.69) is 0 Å². The smallest absolute Gasteiger partial charge is 0.288 e. The maximum atomic E-state index is 13.6. The molecule has 27 heavy (non-hydrogen) atoms. The van der Waals surface area contributed by atoms with Crippen molar-refractivity contribution in [1.82, 2.24) is 4.90 Å². The Morgan fingerprint density at radius 3 is 2.70 bits per heavy atom. The Kier molecular flexibility index (Phi) is 4.53. The van der Waals surface area contributed by atoms with E-state index in [1.807, 2.05) is 0 Å². The summed E-state index contributed by atoms with van der Waals surface area (Å²) in [7, 11) is 1.54. The summed E-state index contributed by atoms with van der Waals surface area (Å²) >= 11 is 1.14. The lowest BCUT2D eigenvalue weighted by Gasteiger charge is -2.36. The van der Waals surface area contributed by atoms with Gasteiger partial charge in [-0.2, -0.15) is 5.26 Å². The van der Waals surface area contributed by atoms with E-state index in [1.165, 1.54) is 30.1 Å². The molecule has 138 valence electrons. The molecule has 3 rings (SSSR count). The number of hydrogen-bond acceptors (Lipinski definition) is 6. The van der Waals surface area contributed by atoms with Gasteiger partial charge in [0.1, 0.15) is 22.6 Å². The van der Waals surface area contributed by atoms with Crippen molar-refractivity contribution in [3.05, 3.63) is 50.6 Å². The largest absolute Gasteiger partial charge is 0.304 e. The molecule has 1 aromatic heterocycles. The van der Waals surface area contributed by atoms with Gasteiger partial charge in [-0.25, -0.2) is 4.39 Å². The van der Waals surface area contributed by atoms with E-state index >= 15 is 0 Å². The molecule has 0 spiro atoms. The summed E-state index contributed by atoms with van der Waals surface area (Å²) in [5.74, 6) is -0.762. The highest BCUT2D eigenvalue weighted by atomic mass is 32.1. The van der Waals surface area contributed by atoms with E-state index in [4.69, 9.17) is 10.7 Å². The summed E-state index contributed by atoms with van der Waals surface area (Å²) < 4.78 is 13.6. The molecular weight excluding hydrogens is 371 g/mol. The van der Waals surface area contributed by atoms with Crippen LogP contribution in [0.1, 0.15) is 30.2 Å². The Balaban J connectivity index is 2.12. The zero-order valence-electron chi connectivity index (χ0n) is 14.6. The molecule has 1 N–H and O–H groups in total. The van der Waals surface area contributed by atoms with Gasteiger partial charge in [0.15, 0.2) is 0 Å². The molecule has 0 aliphatic carbocycles. The summed E-state index contributed by atoms with van der Waals surface area (Å²) in [5, 5.41) is 28.6. The normalized spacial score (nSPS) is 19.9. The molecule has 9 heteroatoms. The Labute approximate surface area is 158 Å². The molecule has 1 atom stereocenters. The van der Waals surface area contributed by atoms with Crippen LogP contribution in [0.3, 0.4) is 0 Å². The van der Waals surface area contributed by atoms with E-state index in [0.29, 0.717) is 15.3 Å². The quantitative estimate of drug-likeness (QED) is 0.638. The maximum absolute atomic E-state index is 13.6. The summed E-state index contributed by atoms with van der Waals surface area (Å²) in [6.45, 7) is 1.80. The standard InChI is InChI=1S/C18H15FN4O3S/c1-18(7-15(21)22(2)16(24)8-18)14-6-13(23(25)26)17(27-14)10-3-4-12(19)11(5-10)9-20/h3-6,21H,7-8H2,1-2H3/t18-/m0/s1. The van der Waals surface area contributed by atoms with E-state index < -0.39 is 16.2 Å². The molecule has 1 aromatic carbocycles. The number of likely N-dealkylation sites (tertiary alicyclic amines) is 1. The minimum absolute atomic E-state index is 0.135. The lowest BCUT2D eigenvalue weighted by Crippen LogP contribution is -2.46. The van der Waals surface area contributed by atoms with Crippen molar-refractivity contribution in [1.29, 1.82) is 10.7 Å². The van der Waals surface area contributed by atoms with Crippen LogP contribution in [-0.2, 0) is 10.2 Å². The van der Waals surface area contributed by atoms with Crippen LogP contribution in [0.25, 0.3) is 10.4 Å². The molecular formula is C18H15FN4O3S. The molecule has 1 aliphatic rings. The van der Waals surface area contributed by atoms with Crippen LogP contribution < -0.4 is 0 Å². The van der Waals surface area contributed by atoms with Gasteiger partial charge in [0.2, 0.25) is 5.91 Å². The lowest BCUT2D eigenvalue weighted by atomic mass is 9.78. The number of rotatable bonds is 3. The van der Waals surface area contributed by atoms with Crippen molar-refractivity contribution in [2.24, 2.45) is 0 Å². The number of benzene rings is 1. The number of amidine groups is 1. The summed E-state index contributed by atoms with van der Waals surface area (Å²) in [6, 6.07) is 6.92. The fraction of sp³-hybridized carbons (Fsp3) is 0.278. The van der Waals surface area contributed by atoms with Crippen LogP contribution in [0.2, 0.25) is 0 Å². The Morgan fingerprint density at radius 2 is 2.11 bits per heavy atom. The monoisotopic (exact) mass is 386 g/mol. The molecule has 1 aliphatic heterocycles. The number of nitrogens with one attached hydrogen (secondary N) is 1. The van der Waals surface area contributed by atoms with E-state index in [1.54, 1.807) is 13.0 Å². The Morgan fingerprint density at radius 1 is 1.41 bits per heavy atom. The molecule has 1 saturated heterocycles. The Hall–Kier alpha value is -3.12. The minimum atomic E-state index is -0.730. The predicted molar refractivity (Wildman–Crippen MR) is 98.2 cm³/mol. The molecule has 0 bridgehead atoms. The lowest BCUT2D eigenvalue weighted by molar-refractivity contribution is -0.383. The molecule has 2 heterocycles. The zero-order chi connectivity index (χ0) is 19.9. The number of hydrogen-bond donors (Lipinski definition) is 1. The van der Waals surface area contributed by atoms with Gasteiger partial charge in [-0.15, -0.1) is 11.3 Å². The summed E-state index contributed by atoms with van der Waals surface area (Å²) in [5.41, 5.74) is -0.718. The number of halogens is 1. The van der Waals surface area contributed by atoms with E-state index in [0.717, 1.165) is 17.4 Å². The molecule has 1 fully saturated rings. The van der Waals surface area contributed by atoms with Gasteiger partial charge in [0, 0.05) is 41.8 Å². The highest BCUT2D eigenvalue weighted by Gasteiger charge is 2.41. The van der Waals surface area contributed by atoms with Crippen molar-refractivity contribution >= 4 is 28.8 Å². The number of thiophene rings is 1. The summed E-state index contributed by atoms with van der Waals surface area (Å²) in [6.07, 6.45) is 0.412.